The Morgan fingerprint density at radius 1 is 1.03 bits per heavy atom. The Kier molecular flexibility index (Phi) is 5.06. The molecule has 4 N–H and O–H groups in total. The highest BCUT2D eigenvalue weighted by Crippen LogP contribution is 2.45. The molecule has 0 aliphatic carbocycles. The molecule has 0 saturated heterocycles. The largest absolute Gasteiger partial charge is 0.477 e. The fourth-order valence-corrected chi connectivity index (χ4v) is 4.81. The fourth-order valence-electron chi connectivity index (χ4n) is 4.81. The van der Waals surface area contributed by atoms with Crippen LogP contribution >= 0.6 is 0 Å². The van der Waals surface area contributed by atoms with Gasteiger partial charge in [0.2, 0.25) is 0 Å². The zero-order valence-electron chi connectivity index (χ0n) is 18.5. The molecule has 33 heavy (non-hydrogen) atoms. The summed E-state index contributed by atoms with van der Waals surface area (Å²) in [6.07, 6.45) is 3.59. The molecule has 5 aromatic rings. The van der Waals surface area contributed by atoms with Crippen LogP contribution in [0.1, 0.15) is 41.4 Å². The molecule has 0 fully saturated rings. The maximum atomic E-state index is 14.5. The first-order valence-corrected chi connectivity index (χ1v) is 10.7. The van der Waals surface area contributed by atoms with Gasteiger partial charge in [-0.3, -0.25) is 0 Å². The summed E-state index contributed by atoms with van der Waals surface area (Å²) in [5.41, 5.74) is 5.98. The van der Waals surface area contributed by atoms with E-state index in [1.54, 1.807) is 13.3 Å². The zero-order chi connectivity index (χ0) is 23.3. The number of H-pyrrole nitrogens is 3. The number of benzene rings is 2. The Hall–Kier alpha value is -3.84. The number of ether oxygens (including phenoxy) is 1. The second-order valence-corrected chi connectivity index (χ2v) is 8.49. The van der Waals surface area contributed by atoms with Crippen molar-refractivity contribution in [1.82, 2.24) is 15.0 Å². The number of nitrogens with one attached hydrogen (secondary N) is 3. The lowest BCUT2D eigenvalue weighted by Crippen LogP contribution is -2.03. The molecule has 0 aliphatic heterocycles. The van der Waals surface area contributed by atoms with Crippen LogP contribution in [0.2, 0.25) is 0 Å². The van der Waals surface area contributed by atoms with Crippen molar-refractivity contribution in [2.24, 2.45) is 0 Å². The summed E-state index contributed by atoms with van der Waals surface area (Å²) < 4.78 is 20.0. The second-order valence-electron chi connectivity index (χ2n) is 8.49. The van der Waals surface area contributed by atoms with Gasteiger partial charge in [0.15, 0.2) is 0 Å². The van der Waals surface area contributed by atoms with Crippen LogP contribution in [0.3, 0.4) is 0 Å². The summed E-state index contributed by atoms with van der Waals surface area (Å²) >= 11 is 0. The van der Waals surface area contributed by atoms with E-state index in [9.17, 15) is 14.3 Å². The highest BCUT2D eigenvalue weighted by molar-refractivity contribution is 6.07. The number of hydrogen-bond acceptors (Lipinski definition) is 2. The van der Waals surface area contributed by atoms with E-state index < -0.39 is 11.8 Å². The number of fused-ring (bicyclic) bond motifs is 2. The van der Waals surface area contributed by atoms with Crippen LogP contribution in [0.15, 0.2) is 48.8 Å². The predicted molar refractivity (Wildman–Crippen MR) is 127 cm³/mol. The molecule has 0 aliphatic rings. The standard InChI is InChI=1S/C26H24FN3O3/c1-13(2)21-23(22-14(12-33-3)4-5-19-17(22)7-9-28-19)25(26(31)32)30-24(21)18-10-15(27)11-20-16(18)6-8-29-20/h4-11,13,28-30H,12H2,1-3H3,(H,31,32). The Morgan fingerprint density at radius 2 is 1.76 bits per heavy atom. The first-order chi connectivity index (χ1) is 15.9. The van der Waals surface area contributed by atoms with Crippen LogP contribution in [0.4, 0.5) is 4.39 Å². The number of carboxylic acid groups (broad SMARTS) is 1. The molecule has 0 unspecified atom stereocenters. The van der Waals surface area contributed by atoms with Crippen molar-refractivity contribution in [2.45, 2.75) is 26.4 Å². The van der Waals surface area contributed by atoms with Crippen LogP contribution in [0, 0.1) is 5.82 Å². The molecule has 7 heteroatoms. The first kappa shape index (κ1) is 21.0. The van der Waals surface area contributed by atoms with Gasteiger partial charge in [0.1, 0.15) is 11.5 Å². The number of halogens is 1. The van der Waals surface area contributed by atoms with Crippen molar-refractivity contribution >= 4 is 27.8 Å². The van der Waals surface area contributed by atoms with E-state index in [2.05, 4.69) is 15.0 Å². The number of carboxylic acids is 1. The van der Waals surface area contributed by atoms with Crippen molar-refractivity contribution in [3.8, 4) is 22.4 Å². The third-order valence-corrected chi connectivity index (χ3v) is 6.10. The number of carbonyl (C=O) groups is 1. The average molecular weight is 445 g/mol. The van der Waals surface area contributed by atoms with Crippen LogP contribution in [0.25, 0.3) is 44.2 Å². The SMILES string of the molecule is COCc1ccc2[nH]ccc2c1-c1c(C(=O)O)[nH]c(-c2cc(F)cc3[nH]ccc23)c1C(C)C. The quantitative estimate of drug-likeness (QED) is 0.243. The summed E-state index contributed by atoms with van der Waals surface area (Å²) in [6.45, 7) is 4.36. The van der Waals surface area contributed by atoms with Crippen LogP contribution < -0.4 is 0 Å². The number of aromatic amines is 3. The van der Waals surface area contributed by atoms with Gasteiger partial charge in [-0.25, -0.2) is 9.18 Å². The van der Waals surface area contributed by atoms with E-state index >= 15 is 0 Å². The van der Waals surface area contributed by atoms with Crippen molar-refractivity contribution in [3.05, 3.63) is 71.4 Å². The second kappa shape index (κ2) is 7.94. The predicted octanol–water partition coefficient (Wildman–Crippen LogP) is 6.42. The zero-order valence-corrected chi connectivity index (χ0v) is 18.5. The molecule has 0 atom stereocenters. The van der Waals surface area contributed by atoms with E-state index in [-0.39, 0.29) is 11.6 Å². The molecule has 3 aromatic heterocycles. The minimum absolute atomic E-state index is 0.0406. The van der Waals surface area contributed by atoms with Crippen molar-refractivity contribution in [1.29, 1.82) is 0 Å². The maximum absolute atomic E-state index is 14.5. The molecule has 6 nitrogen and oxygen atoms in total. The molecular formula is C26H24FN3O3. The molecule has 2 aromatic carbocycles. The van der Waals surface area contributed by atoms with Crippen molar-refractivity contribution in [3.63, 3.8) is 0 Å². The summed E-state index contributed by atoms with van der Waals surface area (Å²) in [5.74, 6) is -1.51. The molecular weight excluding hydrogens is 421 g/mol. The molecule has 0 radical (unpaired) electrons. The van der Waals surface area contributed by atoms with E-state index in [4.69, 9.17) is 4.74 Å². The lowest BCUT2D eigenvalue weighted by Gasteiger charge is -2.16. The fraction of sp³-hybridized carbons (Fsp3) is 0.192. The number of rotatable bonds is 6. The summed E-state index contributed by atoms with van der Waals surface area (Å²) in [6, 6.07) is 10.6. The first-order valence-electron chi connectivity index (χ1n) is 10.7. The maximum Gasteiger partial charge on any atom is 0.352 e. The van der Waals surface area contributed by atoms with Gasteiger partial charge in [0.25, 0.3) is 0 Å². The molecule has 3 heterocycles. The van der Waals surface area contributed by atoms with E-state index in [1.807, 2.05) is 44.3 Å². The minimum atomic E-state index is -1.07. The van der Waals surface area contributed by atoms with Gasteiger partial charge >= 0.3 is 5.97 Å². The highest BCUT2D eigenvalue weighted by Gasteiger charge is 2.29. The Bertz CT molecular complexity index is 1510. The highest BCUT2D eigenvalue weighted by atomic mass is 19.1. The third-order valence-electron chi connectivity index (χ3n) is 6.10. The molecule has 5 rings (SSSR count). The van der Waals surface area contributed by atoms with Crippen LogP contribution in [-0.4, -0.2) is 33.1 Å². The lowest BCUT2D eigenvalue weighted by atomic mass is 9.87. The normalized spacial score (nSPS) is 11.8. The monoisotopic (exact) mass is 445 g/mol. The Morgan fingerprint density at radius 3 is 2.45 bits per heavy atom. The van der Waals surface area contributed by atoms with Gasteiger partial charge in [0, 0.05) is 52.4 Å². The molecule has 0 spiro atoms. The lowest BCUT2D eigenvalue weighted by molar-refractivity contribution is 0.0692. The van der Waals surface area contributed by atoms with E-state index in [1.165, 1.54) is 12.1 Å². The molecule has 0 bridgehead atoms. The van der Waals surface area contributed by atoms with Gasteiger partial charge in [-0.2, -0.15) is 0 Å². The molecule has 0 amide bonds. The summed E-state index contributed by atoms with van der Waals surface area (Å²) in [5, 5.41) is 11.9. The number of methoxy groups -OCH3 is 1. The molecule has 168 valence electrons. The average Bonchev–Trinajstić information content (AvgIpc) is 3.50. The van der Waals surface area contributed by atoms with Crippen LogP contribution in [0.5, 0.6) is 0 Å². The van der Waals surface area contributed by atoms with E-state index in [0.717, 1.165) is 33.0 Å². The van der Waals surface area contributed by atoms with Crippen molar-refractivity contribution in [2.75, 3.05) is 7.11 Å². The number of aromatic nitrogens is 3. The van der Waals surface area contributed by atoms with Gasteiger partial charge in [0.05, 0.1) is 12.3 Å². The Labute approximate surface area is 189 Å². The van der Waals surface area contributed by atoms with Gasteiger partial charge in [-0.1, -0.05) is 19.9 Å². The third kappa shape index (κ3) is 3.32. The van der Waals surface area contributed by atoms with Crippen LogP contribution in [-0.2, 0) is 11.3 Å². The topological polar surface area (TPSA) is 93.9 Å². The molecule has 0 saturated carbocycles. The number of aromatic carboxylic acids is 1. The summed E-state index contributed by atoms with van der Waals surface area (Å²) in [7, 11) is 1.62. The van der Waals surface area contributed by atoms with Gasteiger partial charge in [-0.15, -0.1) is 0 Å². The van der Waals surface area contributed by atoms with Gasteiger partial charge in [-0.05, 0) is 52.9 Å². The van der Waals surface area contributed by atoms with Gasteiger partial charge < -0.3 is 24.8 Å². The number of hydrogen-bond donors (Lipinski definition) is 4. The Balaban J connectivity index is 1.93. The minimum Gasteiger partial charge on any atom is -0.477 e. The van der Waals surface area contributed by atoms with E-state index in [0.29, 0.717) is 28.9 Å². The smallest absolute Gasteiger partial charge is 0.352 e. The van der Waals surface area contributed by atoms with Crippen molar-refractivity contribution < 1.29 is 19.0 Å². The summed E-state index contributed by atoms with van der Waals surface area (Å²) in [4.78, 5) is 21.9.